The van der Waals surface area contributed by atoms with Crippen LogP contribution in [0.3, 0.4) is 0 Å². The number of para-hydroxylation sites is 1. The number of benzene rings is 2. The SMILES string of the molecule is CC[C@H]1Cn2c(C(=O)NCc3ccc4c(c3)OCO4)cc3cccc(c32)O1. The Hall–Kier alpha value is -3.15. The highest BCUT2D eigenvalue weighted by Gasteiger charge is 2.25. The van der Waals surface area contributed by atoms with Gasteiger partial charge in [0.15, 0.2) is 11.5 Å². The number of nitrogens with zero attached hydrogens (tertiary/aromatic N) is 1. The van der Waals surface area contributed by atoms with Crippen molar-refractivity contribution < 1.29 is 19.0 Å². The molecule has 0 unspecified atom stereocenters. The van der Waals surface area contributed by atoms with Gasteiger partial charge in [0.1, 0.15) is 17.5 Å². The summed E-state index contributed by atoms with van der Waals surface area (Å²) in [6.07, 6.45) is 0.975. The first-order valence-corrected chi connectivity index (χ1v) is 9.18. The number of ether oxygens (including phenoxy) is 3. The Morgan fingerprint density at radius 2 is 2.04 bits per heavy atom. The number of fused-ring (bicyclic) bond motifs is 1. The highest BCUT2D eigenvalue weighted by molar-refractivity contribution is 6.00. The molecular formula is C21H20N2O4. The average molecular weight is 364 g/mol. The monoisotopic (exact) mass is 364 g/mol. The molecule has 138 valence electrons. The van der Waals surface area contributed by atoms with Crippen LogP contribution in [0.4, 0.5) is 0 Å². The molecule has 5 rings (SSSR count). The van der Waals surface area contributed by atoms with Gasteiger partial charge >= 0.3 is 0 Å². The van der Waals surface area contributed by atoms with Crippen molar-refractivity contribution in [3.63, 3.8) is 0 Å². The van der Waals surface area contributed by atoms with Crippen LogP contribution in [0.2, 0.25) is 0 Å². The minimum absolute atomic E-state index is 0.0795. The van der Waals surface area contributed by atoms with E-state index in [-0.39, 0.29) is 18.8 Å². The number of aromatic nitrogens is 1. The summed E-state index contributed by atoms with van der Waals surface area (Å²) >= 11 is 0. The predicted molar refractivity (Wildman–Crippen MR) is 100 cm³/mol. The summed E-state index contributed by atoms with van der Waals surface area (Å²) in [5.41, 5.74) is 2.63. The molecule has 2 aliphatic heterocycles. The second-order valence-corrected chi connectivity index (χ2v) is 6.85. The number of nitrogens with one attached hydrogen (secondary N) is 1. The Kier molecular flexibility index (Phi) is 3.70. The lowest BCUT2D eigenvalue weighted by Crippen LogP contribution is -2.31. The van der Waals surface area contributed by atoms with Crippen LogP contribution in [-0.4, -0.2) is 23.4 Å². The Morgan fingerprint density at radius 3 is 2.93 bits per heavy atom. The van der Waals surface area contributed by atoms with Crippen LogP contribution < -0.4 is 19.5 Å². The highest BCUT2D eigenvalue weighted by Crippen LogP contribution is 2.34. The third-order valence-corrected chi connectivity index (χ3v) is 5.14. The second-order valence-electron chi connectivity index (χ2n) is 6.85. The quantitative estimate of drug-likeness (QED) is 0.770. The first-order valence-electron chi connectivity index (χ1n) is 9.18. The Bertz CT molecular complexity index is 1040. The number of hydrogen-bond acceptors (Lipinski definition) is 4. The molecule has 0 aliphatic carbocycles. The summed E-state index contributed by atoms with van der Waals surface area (Å²) in [5.74, 6) is 2.22. The molecule has 0 bridgehead atoms. The smallest absolute Gasteiger partial charge is 0.268 e. The summed E-state index contributed by atoms with van der Waals surface area (Å²) in [6, 6.07) is 13.6. The summed E-state index contributed by atoms with van der Waals surface area (Å²) in [7, 11) is 0. The van der Waals surface area contributed by atoms with Crippen molar-refractivity contribution in [2.75, 3.05) is 6.79 Å². The maximum atomic E-state index is 12.9. The summed E-state index contributed by atoms with van der Waals surface area (Å²) in [4.78, 5) is 12.9. The fraction of sp³-hybridized carbons (Fsp3) is 0.286. The molecular weight excluding hydrogens is 344 g/mol. The average Bonchev–Trinajstić information content (AvgIpc) is 3.31. The van der Waals surface area contributed by atoms with Crippen molar-refractivity contribution in [3.05, 3.63) is 53.7 Å². The topological polar surface area (TPSA) is 61.7 Å². The lowest BCUT2D eigenvalue weighted by Gasteiger charge is -2.26. The molecule has 1 atom stereocenters. The standard InChI is InChI=1S/C21H20N2O4/c1-2-15-11-23-16(9-14-4-3-5-18(27-15)20(14)23)21(24)22-10-13-6-7-17-19(8-13)26-12-25-17/h3-9,15H,2,10-12H2,1H3,(H,22,24)/t15-/m0/s1. The zero-order valence-electron chi connectivity index (χ0n) is 15.0. The van der Waals surface area contributed by atoms with Crippen molar-refractivity contribution in [1.29, 1.82) is 0 Å². The van der Waals surface area contributed by atoms with Crippen molar-refractivity contribution in [2.45, 2.75) is 32.5 Å². The number of carbonyl (C=O) groups is 1. The van der Waals surface area contributed by atoms with Crippen LogP contribution in [0.5, 0.6) is 17.2 Å². The van der Waals surface area contributed by atoms with Gasteiger partial charge in [0.2, 0.25) is 6.79 Å². The maximum Gasteiger partial charge on any atom is 0.268 e. The maximum absolute atomic E-state index is 12.9. The first kappa shape index (κ1) is 16.1. The molecule has 0 saturated heterocycles. The molecule has 6 nitrogen and oxygen atoms in total. The minimum Gasteiger partial charge on any atom is -0.486 e. The van der Waals surface area contributed by atoms with Crippen molar-refractivity contribution in [1.82, 2.24) is 9.88 Å². The van der Waals surface area contributed by atoms with Crippen molar-refractivity contribution in [3.8, 4) is 17.2 Å². The number of amides is 1. The number of hydrogen-bond donors (Lipinski definition) is 1. The van der Waals surface area contributed by atoms with Crippen molar-refractivity contribution >= 4 is 16.8 Å². The van der Waals surface area contributed by atoms with Gasteiger partial charge in [0, 0.05) is 11.9 Å². The second kappa shape index (κ2) is 6.23. The summed E-state index contributed by atoms with van der Waals surface area (Å²) in [5, 5.41) is 4.04. The lowest BCUT2D eigenvalue weighted by atomic mass is 10.2. The van der Waals surface area contributed by atoms with Crippen LogP contribution in [0.25, 0.3) is 10.9 Å². The van der Waals surface area contributed by atoms with Crippen molar-refractivity contribution in [2.24, 2.45) is 0 Å². The minimum atomic E-state index is -0.0911. The van der Waals surface area contributed by atoms with Gasteiger partial charge in [0.05, 0.1) is 12.1 Å². The zero-order valence-corrected chi connectivity index (χ0v) is 15.0. The van der Waals surface area contributed by atoms with E-state index in [1.54, 1.807) is 0 Å². The van der Waals surface area contributed by atoms with E-state index in [9.17, 15) is 4.79 Å². The van der Waals surface area contributed by atoms with Crippen LogP contribution >= 0.6 is 0 Å². The molecule has 0 radical (unpaired) electrons. The van der Waals surface area contributed by atoms with E-state index in [0.717, 1.165) is 40.1 Å². The van der Waals surface area contributed by atoms with Gasteiger partial charge in [0.25, 0.3) is 5.91 Å². The van der Waals surface area contributed by atoms with Gasteiger partial charge in [-0.25, -0.2) is 0 Å². The van der Waals surface area contributed by atoms with Gasteiger partial charge in [-0.2, -0.15) is 0 Å². The molecule has 0 spiro atoms. The number of rotatable bonds is 4. The first-order chi connectivity index (χ1) is 13.2. The van der Waals surface area contributed by atoms with E-state index in [1.165, 1.54) is 0 Å². The van der Waals surface area contributed by atoms with Gasteiger partial charge in [-0.05, 0) is 36.2 Å². The predicted octanol–water partition coefficient (Wildman–Crippen LogP) is 3.47. The molecule has 2 aromatic carbocycles. The van der Waals surface area contributed by atoms with Crippen LogP contribution in [-0.2, 0) is 13.1 Å². The van der Waals surface area contributed by atoms with Crippen LogP contribution in [0, 0.1) is 0 Å². The third-order valence-electron chi connectivity index (χ3n) is 5.14. The molecule has 3 heterocycles. The lowest BCUT2D eigenvalue weighted by molar-refractivity contribution is 0.0935. The summed E-state index contributed by atoms with van der Waals surface area (Å²) in [6.45, 7) is 3.45. The van der Waals surface area contributed by atoms with Gasteiger partial charge < -0.3 is 24.1 Å². The van der Waals surface area contributed by atoms with Crippen LogP contribution in [0.15, 0.2) is 42.5 Å². The highest BCUT2D eigenvalue weighted by atomic mass is 16.7. The molecule has 0 saturated carbocycles. The molecule has 0 fully saturated rings. The third kappa shape index (κ3) is 2.68. The van der Waals surface area contributed by atoms with Gasteiger partial charge in [-0.15, -0.1) is 0 Å². The normalized spacial score (nSPS) is 17.0. The molecule has 3 aromatic rings. The van der Waals surface area contributed by atoms with E-state index >= 15 is 0 Å². The van der Waals surface area contributed by atoms with Gasteiger partial charge in [-0.3, -0.25) is 4.79 Å². The van der Waals surface area contributed by atoms with E-state index in [4.69, 9.17) is 14.2 Å². The molecule has 1 aromatic heterocycles. The fourth-order valence-corrected chi connectivity index (χ4v) is 3.72. The Morgan fingerprint density at radius 1 is 1.15 bits per heavy atom. The number of carbonyl (C=O) groups excluding carboxylic acids is 1. The van der Waals surface area contributed by atoms with E-state index in [0.29, 0.717) is 18.8 Å². The van der Waals surface area contributed by atoms with Crippen LogP contribution in [0.1, 0.15) is 29.4 Å². The molecule has 27 heavy (non-hydrogen) atoms. The Balaban J connectivity index is 1.41. The largest absolute Gasteiger partial charge is 0.486 e. The summed E-state index contributed by atoms with van der Waals surface area (Å²) < 4.78 is 18.8. The van der Waals surface area contributed by atoms with E-state index in [2.05, 4.69) is 16.8 Å². The van der Waals surface area contributed by atoms with E-state index < -0.39 is 0 Å². The van der Waals surface area contributed by atoms with Gasteiger partial charge in [-0.1, -0.05) is 25.1 Å². The zero-order chi connectivity index (χ0) is 18.4. The fourth-order valence-electron chi connectivity index (χ4n) is 3.72. The molecule has 1 N–H and O–H groups in total. The molecule has 2 aliphatic rings. The Labute approximate surface area is 156 Å². The van der Waals surface area contributed by atoms with E-state index in [1.807, 2.05) is 42.5 Å². The molecule has 6 heteroatoms. The molecule has 1 amide bonds.